The van der Waals surface area contributed by atoms with Gasteiger partial charge in [0.25, 0.3) is 0 Å². The molecule has 1 saturated heterocycles. The van der Waals surface area contributed by atoms with Crippen LogP contribution in [0.5, 0.6) is 0 Å². The number of aliphatic hydroxyl groups is 2. The molecule has 2 aromatic carbocycles. The topological polar surface area (TPSA) is 136 Å². The molecule has 0 aromatic heterocycles. The van der Waals surface area contributed by atoms with Gasteiger partial charge in [-0.05, 0) is 54.9 Å². The maximum atomic E-state index is 12.9. The van der Waals surface area contributed by atoms with Crippen molar-refractivity contribution in [3.63, 3.8) is 0 Å². The van der Waals surface area contributed by atoms with E-state index in [4.69, 9.17) is 22.4 Å². The molecular formula is C28H38ClN3O5. The van der Waals surface area contributed by atoms with Crippen LogP contribution >= 0.6 is 11.6 Å². The van der Waals surface area contributed by atoms with Crippen LogP contribution in [0.25, 0.3) is 11.1 Å². The third-order valence-corrected chi connectivity index (χ3v) is 7.56. The van der Waals surface area contributed by atoms with E-state index >= 15 is 0 Å². The molecule has 3 rings (SSSR count). The molecule has 9 heteroatoms. The minimum atomic E-state index is -1.37. The molecule has 0 aliphatic carbocycles. The number of nitrogens with two attached hydrogens (primary N) is 1. The van der Waals surface area contributed by atoms with Gasteiger partial charge >= 0.3 is 6.09 Å². The summed E-state index contributed by atoms with van der Waals surface area (Å²) < 4.78 is 0. The van der Waals surface area contributed by atoms with Gasteiger partial charge in [-0.1, -0.05) is 54.9 Å². The number of likely N-dealkylation sites (tertiary alicyclic amines) is 1. The van der Waals surface area contributed by atoms with Gasteiger partial charge in [0.05, 0.1) is 18.1 Å². The highest BCUT2D eigenvalue weighted by Crippen LogP contribution is 2.45. The molecular weight excluding hydrogens is 494 g/mol. The van der Waals surface area contributed by atoms with Crippen LogP contribution in [0.4, 0.5) is 4.79 Å². The van der Waals surface area contributed by atoms with Gasteiger partial charge in [0.2, 0.25) is 5.91 Å². The summed E-state index contributed by atoms with van der Waals surface area (Å²) >= 11 is 6.75. The average Bonchev–Trinajstić information content (AvgIpc) is 2.90. The molecule has 1 fully saturated rings. The molecule has 37 heavy (non-hydrogen) atoms. The van der Waals surface area contributed by atoms with Gasteiger partial charge in [-0.25, -0.2) is 4.79 Å². The molecule has 1 aliphatic heterocycles. The fourth-order valence-corrected chi connectivity index (χ4v) is 5.53. The highest BCUT2D eigenvalue weighted by atomic mass is 35.5. The first-order valence-electron chi connectivity index (χ1n) is 12.9. The predicted octanol–water partition coefficient (Wildman–Crippen LogP) is 3.75. The monoisotopic (exact) mass is 531 g/mol. The molecule has 2 amide bonds. The SMILES string of the molecule is CCc1cccc(-c2c(Cl)cccc2[C@](O)(CCCNC(=O)O)[C@@H]2CCCN(C(=O)C[C@H](O)CN)C2)c1. The number of halogens is 1. The van der Waals surface area contributed by atoms with Gasteiger partial charge in [-0.2, -0.15) is 0 Å². The standard InChI is InChI=1S/C28H38ClN3O5/c1-2-19-7-3-8-20(15-19)26-23(10-4-11-24(26)29)28(37,12-6-13-31-27(35)36)21-9-5-14-32(18-21)25(34)16-22(33)17-30/h3-4,7-8,10-11,15,21-22,31,33,37H,2,5-6,9,12-14,16-18,30H2,1H3,(H,35,36)/t21-,22+,28+/m1/s1. The molecule has 6 N–H and O–H groups in total. The summed E-state index contributed by atoms with van der Waals surface area (Å²) in [5, 5.41) is 34.2. The number of nitrogens with zero attached hydrogens (tertiary/aromatic N) is 1. The lowest BCUT2D eigenvalue weighted by Crippen LogP contribution is -2.49. The molecule has 1 heterocycles. The lowest BCUT2D eigenvalue weighted by Gasteiger charge is -2.44. The van der Waals surface area contributed by atoms with E-state index in [9.17, 15) is 19.8 Å². The van der Waals surface area contributed by atoms with Crippen LogP contribution in [0, 0.1) is 5.92 Å². The van der Waals surface area contributed by atoms with Crippen LogP contribution in [0.3, 0.4) is 0 Å². The van der Waals surface area contributed by atoms with Crippen LogP contribution < -0.4 is 11.1 Å². The van der Waals surface area contributed by atoms with Crippen molar-refractivity contribution in [1.82, 2.24) is 10.2 Å². The number of carboxylic acid groups (broad SMARTS) is 1. The summed E-state index contributed by atoms with van der Waals surface area (Å²) in [5.41, 5.74) is 7.59. The van der Waals surface area contributed by atoms with Crippen molar-refractivity contribution < 1.29 is 24.9 Å². The number of nitrogens with one attached hydrogen (secondary N) is 1. The minimum Gasteiger partial charge on any atom is -0.465 e. The summed E-state index contributed by atoms with van der Waals surface area (Å²) in [6.45, 7) is 3.14. The van der Waals surface area contributed by atoms with Crippen LogP contribution in [0.1, 0.15) is 50.2 Å². The Kier molecular flexibility index (Phi) is 10.3. The Bertz CT molecular complexity index is 1080. The second kappa shape index (κ2) is 13.2. The molecule has 3 atom stereocenters. The Morgan fingerprint density at radius 1 is 1.27 bits per heavy atom. The van der Waals surface area contributed by atoms with Crippen molar-refractivity contribution in [2.75, 3.05) is 26.2 Å². The van der Waals surface area contributed by atoms with Gasteiger partial charge < -0.3 is 31.3 Å². The number of aryl methyl sites for hydroxylation is 1. The highest BCUT2D eigenvalue weighted by Gasteiger charge is 2.43. The lowest BCUT2D eigenvalue weighted by molar-refractivity contribution is -0.138. The Morgan fingerprint density at radius 2 is 2.03 bits per heavy atom. The van der Waals surface area contributed by atoms with Crippen molar-refractivity contribution in [2.24, 2.45) is 11.7 Å². The number of carbonyl (C=O) groups excluding carboxylic acids is 1. The minimum absolute atomic E-state index is 0.00617. The van der Waals surface area contributed by atoms with Crippen LogP contribution in [-0.4, -0.2) is 64.5 Å². The predicted molar refractivity (Wildman–Crippen MR) is 144 cm³/mol. The van der Waals surface area contributed by atoms with Gasteiger partial charge in [0.1, 0.15) is 0 Å². The largest absolute Gasteiger partial charge is 0.465 e. The van der Waals surface area contributed by atoms with Crippen molar-refractivity contribution in [3.8, 4) is 11.1 Å². The smallest absolute Gasteiger partial charge is 0.404 e. The number of aliphatic hydroxyl groups excluding tert-OH is 1. The summed E-state index contributed by atoms with van der Waals surface area (Å²) in [5.74, 6) is -0.504. The van der Waals surface area contributed by atoms with Gasteiger partial charge in [0.15, 0.2) is 0 Å². The first-order valence-corrected chi connectivity index (χ1v) is 13.3. The van der Waals surface area contributed by atoms with E-state index in [1.165, 1.54) is 0 Å². The van der Waals surface area contributed by atoms with Gasteiger partial charge in [0, 0.05) is 42.7 Å². The molecule has 1 aliphatic rings. The second-order valence-corrected chi connectivity index (χ2v) is 10.2. The van der Waals surface area contributed by atoms with Crippen LogP contribution in [0.2, 0.25) is 5.02 Å². The van der Waals surface area contributed by atoms with Crippen molar-refractivity contribution in [2.45, 2.75) is 57.2 Å². The number of rotatable bonds is 11. The summed E-state index contributed by atoms with van der Waals surface area (Å²) in [7, 11) is 0. The maximum absolute atomic E-state index is 12.9. The van der Waals surface area contributed by atoms with Crippen molar-refractivity contribution >= 4 is 23.6 Å². The second-order valence-electron chi connectivity index (χ2n) is 9.75. The number of hydrogen-bond donors (Lipinski definition) is 5. The van der Waals surface area contributed by atoms with Crippen molar-refractivity contribution in [1.29, 1.82) is 0 Å². The Balaban J connectivity index is 2.02. The highest BCUT2D eigenvalue weighted by molar-refractivity contribution is 6.33. The zero-order valence-corrected chi connectivity index (χ0v) is 22.1. The van der Waals surface area contributed by atoms with E-state index in [-0.39, 0.29) is 37.8 Å². The molecule has 0 unspecified atom stereocenters. The van der Waals surface area contributed by atoms with E-state index in [1.807, 2.05) is 30.3 Å². The fraction of sp³-hybridized carbons (Fsp3) is 0.500. The van der Waals surface area contributed by atoms with Gasteiger partial charge in [-0.3, -0.25) is 4.79 Å². The molecule has 8 nitrogen and oxygen atoms in total. The summed E-state index contributed by atoms with van der Waals surface area (Å²) in [6, 6.07) is 13.6. The number of piperidine rings is 1. The molecule has 0 radical (unpaired) electrons. The number of amides is 2. The van der Waals surface area contributed by atoms with Gasteiger partial charge in [-0.15, -0.1) is 0 Å². The Labute approximate surface area is 223 Å². The first kappa shape index (κ1) is 28.9. The van der Waals surface area contributed by atoms with Crippen molar-refractivity contribution in [3.05, 3.63) is 58.6 Å². The quantitative estimate of drug-likeness (QED) is 0.280. The molecule has 0 saturated carbocycles. The summed E-state index contributed by atoms with van der Waals surface area (Å²) in [4.78, 5) is 25.6. The average molecular weight is 532 g/mol. The fourth-order valence-electron chi connectivity index (χ4n) is 5.24. The number of hydrogen-bond acceptors (Lipinski definition) is 5. The zero-order valence-electron chi connectivity index (χ0n) is 21.3. The number of benzene rings is 2. The van der Waals surface area contributed by atoms with E-state index in [2.05, 4.69) is 18.3 Å². The van der Waals surface area contributed by atoms with Crippen LogP contribution in [-0.2, 0) is 16.8 Å². The molecule has 0 bridgehead atoms. The van der Waals surface area contributed by atoms with Crippen LogP contribution in [0.15, 0.2) is 42.5 Å². The lowest BCUT2D eigenvalue weighted by atomic mass is 9.72. The normalized spacial score (nSPS) is 18.2. The van der Waals surface area contributed by atoms with E-state index in [0.29, 0.717) is 42.9 Å². The Hall–Kier alpha value is -2.65. The van der Waals surface area contributed by atoms with E-state index in [1.54, 1.807) is 11.0 Å². The summed E-state index contributed by atoms with van der Waals surface area (Å²) in [6.07, 6.45) is 0.852. The zero-order chi connectivity index (χ0) is 27.0. The maximum Gasteiger partial charge on any atom is 0.404 e. The Morgan fingerprint density at radius 3 is 2.73 bits per heavy atom. The van der Waals surface area contributed by atoms with E-state index < -0.39 is 17.8 Å². The van der Waals surface area contributed by atoms with E-state index in [0.717, 1.165) is 23.1 Å². The number of carbonyl (C=O) groups is 2. The first-order chi connectivity index (χ1) is 17.7. The third kappa shape index (κ3) is 7.23. The molecule has 0 spiro atoms. The third-order valence-electron chi connectivity index (χ3n) is 7.25. The molecule has 2 aromatic rings. The molecule has 202 valence electrons.